The second kappa shape index (κ2) is 6.34. The number of aryl methyl sites for hydroxylation is 1. The van der Waals surface area contributed by atoms with Gasteiger partial charge in [0.2, 0.25) is 0 Å². The number of hydrogen-bond acceptors (Lipinski definition) is 3. The van der Waals surface area contributed by atoms with Crippen molar-refractivity contribution in [2.24, 2.45) is 0 Å². The third-order valence-electron chi connectivity index (χ3n) is 3.36. The van der Waals surface area contributed by atoms with Gasteiger partial charge in [0.25, 0.3) is 0 Å². The van der Waals surface area contributed by atoms with Gasteiger partial charge >= 0.3 is 5.63 Å². The van der Waals surface area contributed by atoms with Crippen molar-refractivity contribution < 1.29 is 17.7 Å². The normalized spacial score (nSPS) is 10.9. The molecule has 0 amide bonds. The lowest BCUT2D eigenvalue weighted by atomic mass is 10.1. The quantitative estimate of drug-likeness (QED) is 0.476. The number of nitrogens with zero attached hydrogens (tertiary/aromatic N) is 1. The maximum Gasteiger partial charge on any atom is 0.358 e. The van der Waals surface area contributed by atoms with E-state index in [-0.39, 0.29) is 11.4 Å². The highest BCUT2D eigenvalue weighted by molar-refractivity contribution is 14.1. The molecule has 0 spiro atoms. The summed E-state index contributed by atoms with van der Waals surface area (Å²) < 4.78 is 48.2. The average Bonchev–Trinajstić information content (AvgIpc) is 2.96. The van der Waals surface area contributed by atoms with Gasteiger partial charge in [-0.1, -0.05) is 0 Å². The number of nitrogens with one attached hydrogen (secondary N) is 1. The summed E-state index contributed by atoms with van der Waals surface area (Å²) in [5.74, 6) is -4.40. The minimum Gasteiger partial charge on any atom is -0.351 e. The third kappa shape index (κ3) is 3.05. The largest absolute Gasteiger partial charge is 0.358 e. The van der Waals surface area contributed by atoms with Gasteiger partial charge in [-0.25, -0.2) is 18.0 Å². The molecule has 24 heavy (non-hydrogen) atoms. The topological polar surface area (TPSA) is 47.2 Å². The van der Waals surface area contributed by atoms with Crippen LogP contribution in [0, 0.1) is 27.9 Å². The van der Waals surface area contributed by atoms with Crippen molar-refractivity contribution in [2.75, 3.05) is 5.32 Å². The van der Waals surface area contributed by atoms with Crippen LogP contribution < -0.4 is 10.9 Å². The third-order valence-corrected chi connectivity index (χ3v) is 4.03. The van der Waals surface area contributed by atoms with E-state index in [0.29, 0.717) is 5.69 Å². The van der Waals surface area contributed by atoms with E-state index in [9.17, 15) is 18.0 Å². The molecule has 8 heteroatoms. The van der Waals surface area contributed by atoms with Crippen LogP contribution in [0.3, 0.4) is 0 Å². The Bertz CT molecular complexity index is 982. The molecule has 3 aromatic rings. The smallest absolute Gasteiger partial charge is 0.351 e. The first-order valence-electron chi connectivity index (χ1n) is 6.77. The Morgan fingerprint density at radius 3 is 2.50 bits per heavy atom. The predicted octanol–water partition coefficient (Wildman–Crippen LogP) is 4.50. The SMILES string of the molecule is Cc1cc(I)ccc1Nc1c(-n2ccc(=O)o2)cc(F)c(F)c1F. The molecule has 1 aromatic heterocycles. The lowest BCUT2D eigenvalue weighted by molar-refractivity contribution is 0.321. The Labute approximate surface area is 148 Å². The lowest BCUT2D eigenvalue weighted by Crippen LogP contribution is -2.07. The van der Waals surface area contributed by atoms with Crippen LogP contribution in [-0.4, -0.2) is 4.74 Å². The first-order valence-corrected chi connectivity index (χ1v) is 7.84. The fraction of sp³-hybridized carbons (Fsp3) is 0.0625. The van der Waals surface area contributed by atoms with Crippen LogP contribution in [-0.2, 0) is 0 Å². The zero-order valence-corrected chi connectivity index (χ0v) is 14.4. The molecule has 0 saturated heterocycles. The van der Waals surface area contributed by atoms with Crippen molar-refractivity contribution in [3.05, 3.63) is 73.5 Å². The lowest BCUT2D eigenvalue weighted by Gasteiger charge is -2.15. The Kier molecular flexibility index (Phi) is 4.39. The summed E-state index contributed by atoms with van der Waals surface area (Å²) in [6.45, 7) is 1.79. The van der Waals surface area contributed by atoms with Crippen molar-refractivity contribution in [3.63, 3.8) is 0 Å². The van der Waals surface area contributed by atoms with Crippen molar-refractivity contribution in [3.8, 4) is 5.69 Å². The molecule has 1 N–H and O–H groups in total. The van der Waals surface area contributed by atoms with Gasteiger partial charge in [-0.15, -0.1) is 0 Å². The molecule has 3 rings (SSSR count). The molecule has 4 nitrogen and oxygen atoms in total. The molecule has 0 radical (unpaired) electrons. The highest BCUT2D eigenvalue weighted by Gasteiger charge is 2.21. The molecule has 0 bridgehead atoms. The number of halogens is 4. The van der Waals surface area contributed by atoms with Crippen LogP contribution in [0.1, 0.15) is 5.56 Å². The summed E-state index contributed by atoms with van der Waals surface area (Å²) in [6.07, 6.45) is 1.19. The minimum atomic E-state index is -1.61. The van der Waals surface area contributed by atoms with Crippen molar-refractivity contribution >= 4 is 34.0 Å². The number of anilines is 2. The zero-order valence-electron chi connectivity index (χ0n) is 12.2. The van der Waals surface area contributed by atoms with Crippen molar-refractivity contribution in [1.29, 1.82) is 0 Å². The molecule has 124 valence electrons. The summed E-state index contributed by atoms with van der Waals surface area (Å²) in [7, 11) is 0. The number of aromatic nitrogens is 1. The summed E-state index contributed by atoms with van der Waals surface area (Å²) in [4.78, 5) is 11.2. The van der Waals surface area contributed by atoms with Crippen LogP contribution in [0.15, 0.2) is 45.8 Å². The summed E-state index contributed by atoms with van der Waals surface area (Å²) in [6, 6.07) is 7.15. The molecule has 0 aliphatic carbocycles. The van der Waals surface area contributed by atoms with Gasteiger partial charge in [-0.2, -0.15) is 4.74 Å². The maximum absolute atomic E-state index is 14.3. The van der Waals surface area contributed by atoms with Gasteiger partial charge in [0.15, 0.2) is 17.5 Å². The first kappa shape index (κ1) is 16.6. The van der Waals surface area contributed by atoms with Crippen LogP contribution in [0.2, 0.25) is 0 Å². The van der Waals surface area contributed by atoms with Gasteiger partial charge < -0.3 is 9.84 Å². The summed E-state index contributed by atoms with van der Waals surface area (Å²) in [5, 5.41) is 2.74. The molecule has 0 atom stereocenters. The fourth-order valence-electron chi connectivity index (χ4n) is 2.19. The summed E-state index contributed by atoms with van der Waals surface area (Å²) in [5.41, 5.74) is 0.0996. The average molecular weight is 446 g/mol. The second-order valence-electron chi connectivity index (χ2n) is 5.02. The molecular formula is C16H10F3IN2O2. The van der Waals surface area contributed by atoms with Crippen LogP contribution >= 0.6 is 22.6 Å². The molecular weight excluding hydrogens is 436 g/mol. The van der Waals surface area contributed by atoms with Crippen LogP contribution in [0.25, 0.3) is 5.69 Å². The van der Waals surface area contributed by atoms with E-state index in [1.807, 2.05) is 6.07 Å². The van der Waals surface area contributed by atoms with Crippen LogP contribution in [0.4, 0.5) is 24.5 Å². The van der Waals surface area contributed by atoms with E-state index in [1.165, 1.54) is 6.20 Å². The van der Waals surface area contributed by atoms with Crippen LogP contribution in [0.5, 0.6) is 0 Å². The Balaban J connectivity index is 2.18. The van der Waals surface area contributed by atoms with Gasteiger partial charge in [0.05, 0.1) is 6.20 Å². The van der Waals surface area contributed by atoms with Gasteiger partial charge in [-0.05, 0) is 53.3 Å². The van der Waals surface area contributed by atoms with E-state index in [0.717, 1.165) is 26.0 Å². The second-order valence-corrected chi connectivity index (χ2v) is 6.26. The van der Waals surface area contributed by atoms with Crippen molar-refractivity contribution in [2.45, 2.75) is 6.92 Å². The number of benzene rings is 2. The van der Waals surface area contributed by atoms with Gasteiger partial charge in [0.1, 0.15) is 11.4 Å². The molecule has 0 fully saturated rings. The molecule has 0 aliphatic heterocycles. The molecule has 0 saturated carbocycles. The van der Waals surface area contributed by atoms with E-state index >= 15 is 0 Å². The highest BCUT2D eigenvalue weighted by Crippen LogP contribution is 2.32. The molecule has 0 unspecified atom stereocenters. The zero-order chi connectivity index (χ0) is 17.4. The number of hydrogen-bond donors (Lipinski definition) is 1. The monoisotopic (exact) mass is 446 g/mol. The van der Waals surface area contributed by atoms with E-state index < -0.39 is 23.1 Å². The van der Waals surface area contributed by atoms with E-state index in [2.05, 4.69) is 27.9 Å². The Hall–Kier alpha value is -2.23. The maximum atomic E-state index is 14.3. The Morgan fingerprint density at radius 2 is 1.88 bits per heavy atom. The minimum absolute atomic E-state index is 0.161. The molecule has 1 heterocycles. The fourth-order valence-corrected chi connectivity index (χ4v) is 2.84. The number of rotatable bonds is 3. The molecule has 0 aliphatic rings. The van der Waals surface area contributed by atoms with Crippen molar-refractivity contribution in [1.82, 2.24) is 4.74 Å². The van der Waals surface area contributed by atoms with E-state index in [4.69, 9.17) is 4.52 Å². The Morgan fingerprint density at radius 1 is 1.12 bits per heavy atom. The standard InChI is InChI=1S/C16H10F3IN2O2/c1-8-6-9(20)2-3-11(8)21-16-12(22-5-4-13(23)24-22)7-10(17)14(18)15(16)19/h2-7,21H,1H3. The highest BCUT2D eigenvalue weighted by atomic mass is 127. The van der Waals surface area contributed by atoms with Gasteiger partial charge in [0, 0.05) is 21.4 Å². The summed E-state index contributed by atoms with van der Waals surface area (Å²) >= 11 is 2.12. The predicted molar refractivity (Wildman–Crippen MR) is 91.4 cm³/mol. The van der Waals surface area contributed by atoms with E-state index in [1.54, 1.807) is 19.1 Å². The molecule has 2 aromatic carbocycles. The first-order chi connectivity index (χ1) is 11.4. The van der Waals surface area contributed by atoms with Gasteiger partial charge in [-0.3, -0.25) is 0 Å².